The van der Waals surface area contributed by atoms with Gasteiger partial charge in [0.05, 0.1) is 16.8 Å². The second-order valence-electron chi connectivity index (χ2n) is 4.85. The van der Waals surface area contributed by atoms with Crippen LogP contribution in [0.4, 0.5) is 0 Å². The fourth-order valence-corrected chi connectivity index (χ4v) is 2.20. The van der Waals surface area contributed by atoms with Gasteiger partial charge in [-0.1, -0.05) is 6.07 Å². The molecule has 0 aliphatic heterocycles. The van der Waals surface area contributed by atoms with Gasteiger partial charge in [-0.2, -0.15) is 5.10 Å². The summed E-state index contributed by atoms with van der Waals surface area (Å²) >= 11 is 1.73. The number of rotatable bonds is 3. The lowest BCUT2D eigenvalue weighted by Gasteiger charge is -2.20. The smallest absolute Gasteiger partial charge is 0.0794 e. The van der Waals surface area contributed by atoms with Crippen molar-refractivity contribution >= 4 is 11.3 Å². The van der Waals surface area contributed by atoms with Gasteiger partial charge < -0.3 is 5.32 Å². The third-order valence-corrected chi connectivity index (χ3v) is 3.18. The Morgan fingerprint density at radius 1 is 1.44 bits per heavy atom. The van der Waals surface area contributed by atoms with Crippen LogP contribution in [0.25, 0.3) is 10.6 Å². The van der Waals surface area contributed by atoms with E-state index in [1.807, 2.05) is 6.20 Å². The maximum atomic E-state index is 4.12. The number of nitrogens with one attached hydrogen (secondary N) is 2. The SMILES string of the molecule is CC(C)(C)NCc1cn[nH]c1-c1cccs1. The Labute approximate surface area is 99.9 Å². The Morgan fingerprint density at radius 2 is 2.25 bits per heavy atom. The summed E-state index contributed by atoms with van der Waals surface area (Å²) in [5.41, 5.74) is 2.48. The molecule has 0 unspecified atom stereocenters. The summed E-state index contributed by atoms with van der Waals surface area (Å²) in [6.45, 7) is 7.33. The molecule has 0 spiro atoms. The maximum Gasteiger partial charge on any atom is 0.0794 e. The molecule has 2 rings (SSSR count). The van der Waals surface area contributed by atoms with E-state index in [1.54, 1.807) is 11.3 Å². The molecular weight excluding hydrogens is 218 g/mol. The highest BCUT2D eigenvalue weighted by molar-refractivity contribution is 7.13. The summed E-state index contributed by atoms with van der Waals surface area (Å²) in [7, 11) is 0. The van der Waals surface area contributed by atoms with Crippen molar-refractivity contribution in [3.8, 4) is 10.6 Å². The molecule has 2 aromatic rings. The molecule has 2 N–H and O–H groups in total. The van der Waals surface area contributed by atoms with Crippen LogP contribution in [-0.4, -0.2) is 15.7 Å². The van der Waals surface area contributed by atoms with Gasteiger partial charge in [0, 0.05) is 17.6 Å². The van der Waals surface area contributed by atoms with E-state index in [2.05, 4.69) is 53.8 Å². The summed E-state index contributed by atoms with van der Waals surface area (Å²) < 4.78 is 0. The molecule has 2 aromatic heterocycles. The first-order chi connectivity index (χ1) is 7.56. The van der Waals surface area contributed by atoms with Crippen molar-refractivity contribution in [1.82, 2.24) is 15.5 Å². The van der Waals surface area contributed by atoms with Gasteiger partial charge in [0.2, 0.25) is 0 Å². The van der Waals surface area contributed by atoms with Crippen molar-refractivity contribution in [2.75, 3.05) is 0 Å². The van der Waals surface area contributed by atoms with Gasteiger partial charge in [-0.25, -0.2) is 0 Å². The van der Waals surface area contributed by atoms with Crippen LogP contribution in [0.1, 0.15) is 26.3 Å². The molecule has 0 fully saturated rings. The highest BCUT2D eigenvalue weighted by atomic mass is 32.1. The number of hydrogen-bond donors (Lipinski definition) is 2. The zero-order chi connectivity index (χ0) is 11.6. The van der Waals surface area contributed by atoms with Gasteiger partial charge in [-0.15, -0.1) is 11.3 Å². The molecule has 0 bridgehead atoms. The van der Waals surface area contributed by atoms with Gasteiger partial charge in [0.15, 0.2) is 0 Å². The van der Waals surface area contributed by atoms with E-state index in [-0.39, 0.29) is 5.54 Å². The van der Waals surface area contributed by atoms with E-state index in [9.17, 15) is 0 Å². The molecule has 0 aliphatic carbocycles. The van der Waals surface area contributed by atoms with Crippen molar-refractivity contribution in [1.29, 1.82) is 0 Å². The molecule has 2 heterocycles. The molecule has 16 heavy (non-hydrogen) atoms. The van der Waals surface area contributed by atoms with Crippen molar-refractivity contribution < 1.29 is 0 Å². The third kappa shape index (κ3) is 2.71. The number of thiophene rings is 1. The minimum atomic E-state index is 0.129. The maximum absolute atomic E-state index is 4.12. The van der Waals surface area contributed by atoms with Crippen LogP contribution in [0, 0.1) is 0 Å². The summed E-state index contributed by atoms with van der Waals surface area (Å²) in [4.78, 5) is 1.24. The summed E-state index contributed by atoms with van der Waals surface area (Å²) in [6.07, 6.45) is 1.90. The zero-order valence-corrected chi connectivity index (χ0v) is 10.7. The number of nitrogens with zero attached hydrogens (tertiary/aromatic N) is 1. The highest BCUT2D eigenvalue weighted by Crippen LogP contribution is 2.25. The van der Waals surface area contributed by atoms with Crippen molar-refractivity contribution in [3.63, 3.8) is 0 Å². The van der Waals surface area contributed by atoms with Crippen LogP contribution >= 0.6 is 11.3 Å². The zero-order valence-electron chi connectivity index (χ0n) is 9.87. The molecule has 0 amide bonds. The Balaban J connectivity index is 2.14. The molecule has 0 saturated heterocycles. The van der Waals surface area contributed by atoms with Crippen LogP contribution in [0.3, 0.4) is 0 Å². The predicted octanol–water partition coefficient (Wildman–Crippen LogP) is 3.03. The monoisotopic (exact) mass is 235 g/mol. The van der Waals surface area contributed by atoms with E-state index in [0.29, 0.717) is 0 Å². The van der Waals surface area contributed by atoms with Crippen molar-refractivity contribution in [2.24, 2.45) is 0 Å². The largest absolute Gasteiger partial charge is 0.308 e. The first-order valence-corrected chi connectivity index (χ1v) is 6.25. The molecule has 3 nitrogen and oxygen atoms in total. The van der Waals surface area contributed by atoms with Gasteiger partial charge in [-0.3, -0.25) is 5.10 Å². The van der Waals surface area contributed by atoms with E-state index >= 15 is 0 Å². The summed E-state index contributed by atoms with van der Waals surface area (Å²) in [5, 5.41) is 12.7. The van der Waals surface area contributed by atoms with Crippen molar-refractivity contribution in [2.45, 2.75) is 32.9 Å². The van der Waals surface area contributed by atoms with Crippen LogP contribution in [0.5, 0.6) is 0 Å². The fraction of sp³-hybridized carbons (Fsp3) is 0.417. The van der Waals surface area contributed by atoms with E-state index < -0.39 is 0 Å². The van der Waals surface area contributed by atoms with Gasteiger partial charge in [0.25, 0.3) is 0 Å². The van der Waals surface area contributed by atoms with Crippen LogP contribution in [0.15, 0.2) is 23.7 Å². The molecule has 0 aromatic carbocycles. The lowest BCUT2D eigenvalue weighted by molar-refractivity contribution is 0.424. The number of aromatic amines is 1. The minimum Gasteiger partial charge on any atom is -0.308 e. The minimum absolute atomic E-state index is 0.129. The Morgan fingerprint density at radius 3 is 2.88 bits per heavy atom. The molecular formula is C12H17N3S. The van der Waals surface area contributed by atoms with Gasteiger partial charge >= 0.3 is 0 Å². The molecule has 0 saturated carbocycles. The fourth-order valence-electron chi connectivity index (χ4n) is 1.44. The van der Waals surface area contributed by atoms with Gasteiger partial charge in [0.1, 0.15) is 0 Å². The first kappa shape index (κ1) is 11.4. The summed E-state index contributed by atoms with van der Waals surface area (Å²) in [5.74, 6) is 0. The molecule has 0 aliphatic rings. The number of H-pyrrole nitrogens is 1. The standard InChI is InChI=1S/C12H17N3S/c1-12(2,3)13-7-9-8-14-15-11(9)10-5-4-6-16-10/h4-6,8,13H,7H2,1-3H3,(H,14,15). The quantitative estimate of drug-likeness (QED) is 0.858. The number of hydrogen-bond acceptors (Lipinski definition) is 3. The van der Waals surface area contributed by atoms with Gasteiger partial charge in [-0.05, 0) is 32.2 Å². The average Bonchev–Trinajstić information content (AvgIpc) is 2.84. The van der Waals surface area contributed by atoms with E-state index in [1.165, 1.54) is 10.4 Å². The number of aromatic nitrogens is 2. The van der Waals surface area contributed by atoms with Crippen molar-refractivity contribution in [3.05, 3.63) is 29.3 Å². The second-order valence-corrected chi connectivity index (χ2v) is 5.80. The van der Waals surface area contributed by atoms with Crippen LogP contribution in [-0.2, 0) is 6.54 Å². The Hall–Kier alpha value is -1.13. The Kier molecular flexibility index (Phi) is 3.12. The lowest BCUT2D eigenvalue weighted by Crippen LogP contribution is -2.35. The lowest BCUT2D eigenvalue weighted by atomic mass is 10.1. The Bertz CT molecular complexity index is 437. The normalized spacial score (nSPS) is 11.9. The first-order valence-electron chi connectivity index (χ1n) is 5.37. The molecule has 0 atom stereocenters. The van der Waals surface area contributed by atoms with Crippen LogP contribution in [0.2, 0.25) is 0 Å². The third-order valence-electron chi connectivity index (χ3n) is 2.29. The second kappa shape index (κ2) is 4.39. The van der Waals surface area contributed by atoms with E-state index in [0.717, 1.165) is 12.2 Å². The molecule has 4 heteroatoms. The highest BCUT2D eigenvalue weighted by Gasteiger charge is 2.12. The van der Waals surface area contributed by atoms with Crippen LogP contribution < -0.4 is 5.32 Å². The average molecular weight is 235 g/mol. The van der Waals surface area contributed by atoms with E-state index in [4.69, 9.17) is 0 Å². The predicted molar refractivity (Wildman–Crippen MR) is 68.5 cm³/mol. The topological polar surface area (TPSA) is 40.7 Å². The molecule has 0 radical (unpaired) electrons. The molecule has 86 valence electrons. The summed E-state index contributed by atoms with van der Waals surface area (Å²) in [6, 6.07) is 4.17.